The first-order valence-electron chi connectivity index (χ1n) is 10.9. The van der Waals surface area contributed by atoms with Crippen molar-refractivity contribution in [2.45, 2.75) is 58.2 Å². The second-order valence-corrected chi connectivity index (χ2v) is 7.87. The van der Waals surface area contributed by atoms with Crippen LogP contribution in [-0.4, -0.2) is 24.6 Å². The molecule has 0 spiro atoms. The van der Waals surface area contributed by atoms with E-state index in [2.05, 4.69) is 52.7 Å². The van der Waals surface area contributed by atoms with Crippen LogP contribution in [0.4, 0.5) is 0 Å². The summed E-state index contributed by atoms with van der Waals surface area (Å²) in [7, 11) is 0. The molecule has 0 aromatic heterocycles. The van der Waals surface area contributed by atoms with Crippen LogP contribution in [0, 0.1) is 11.3 Å². The van der Waals surface area contributed by atoms with Gasteiger partial charge in [-0.2, -0.15) is 5.26 Å². The molecule has 29 heavy (non-hydrogen) atoms. The Kier molecular flexibility index (Phi) is 9.03. The highest BCUT2D eigenvalue weighted by Gasteiger charge is 2.09. The molecule has 1 fully saturated rings. The molecular formula is C25H33N3O. The lowest BCUT2D eigenvalue weighted by Gasteiger charge is -2.19. The number of ether oxygens (including phenoxy) is 1. The summed E-state index contributed by atoms with van der Waals surface area (Å²) in [5.74, 6) is 0.875. The highest BCUT2D eigenvalue weighted by molar-refractivity contribution is 5.28. The summed E-state index contributed by atoms with van der Waals surface area (Å²) in [4.78, 5) is 2.59. The zero-order chi connectivity index (χ0) is 20.2. The molecule has 154 valence electrons. The number of hydrogen-bond acceptors (Lipinski definition) is 4. The van der Waals surface area contributed by atoms with Gasteiger partial charge in [-0.15, -0.1) is 0 Å². The zero-order valence-corrected chi connectivity index (χ0v) is 17.4. The average Bonchev–Trinajstić information content (AvgIpc) is 3.02. The molecule has 0 amide bonds. The van der Waals surface area contributed by atoms with Gasteiger partial charge in [-0.3, -0.25) is 4.90 Å². The average molecular weight is 392 g/mol. The summed E-state index contributed by atoms with van der Waals surface area (Å²) in [5, 5.41) is 12.1. The number of hydrogen-bond donors (Lipinski definition) is 1. The van der Waals surface area contributed by atoms with Crippen molar-refractivity contribution >= 4 is 0 Å². The van der Waals surface area contributed by atoms with Gasteiger partial charge < -0.3 is 10.1 Å². The van der Waals surface area contributed by atoms with Gasteiger partial charge in [-0.1, -0.05) is 49.2 Å². The van der Waals surface area contributed by atoms with Crippen LogP contribution in [-0.2, 0) is 19.6 Å². The molecule has 1 aliphatic heterocycles. The molecule has 0 aliphatic carbocycles. The molecule has 0 unspecified atom stereocenters. The Labute approximate surface area is 175 Å². The van der Waals surface area contributed by atoms with E-state index in [9.17, 15) is 0 Å². The van der Waals surface area contributed by atoms with E-state index >= 15 is 0 Å². The molecule has 1 heterocycles. The number of unbranched alkanes of at least 4 members (excludes halogenated alkanes) is 1. The monoisotopic (exact) mass is 391 g/mol. The van der Waals surface area contributed by atoms with E-state index in [-0.39, 0.29) is 0 Å². The van der Waals surface area contributed by atoms with E-state index in [1.165, 1.54) is 55.5 Å². The second kappa shape index (κ2) is 12.3. The quantitative estimate of drug-likeness (QED) is 0.577. The third-order valence-corrected chi connectivity index (χ3v) is 5.39. The van der Waals surface area contributed by atoms with Crippen molar-refractivity contribution in [1.82, 2.24) is 10.2 Å². The Morgan fingerprint density at radius 1 is 0.897 bits per heavy atom. The summed E-state index contributed by atoms with van der Waals surface area (Å²) in [6.45, 7) is 5.82. The van der Waals surface area contributed by atoms with Crippen LogP contribution >= 0.6 is 0 Å². The first kappa shape index (κ1) is 21.4. The molecule has 0 saturated carbocycles. The van der Waals surface area contributed by atoms with Crippen LogP contribution < -0.4 is 10.1 Å². The minimum absolute atomic E-state index is 0.540. The number of rotatable bonds is 10. The van der Waals surface area contributed by atoms with Crippen molar-refractivity contribution in [1.29, 1.82) is 5.26 Å². The summed E-state index contributed by atoms with van der Waals surface area (Å²) in [6, 6.07) is 19.4. The molecule has 0 radical (unpaired) electrons. The number of nitrogens with zero attached hydrogens (tertiary/aromatic N) is 2. The van der Waals surface area contributed by atoms with Crippen LogP contribution in [0.2, 0.25) is 0 Å². The summed E-state index contributed by atoms with van der Waals surface area (Å²) >= 11 is 0. The number of likely N-dealkylation sites (tertiary alicyclic amines) is 1. The highest BCUT2D eigenvalue weighted by atomic mass is 16.5. The van der Waals surface area contributed by atoms with Gasteiger partial charge in [0.15, 0.2) is 0 Å². The van der Waals surface area contributed by atoms with Crippen LogP contribution in [0.3, 0.4) is 0 Å². The van der Waals surface area contributed by atoms with E-state index in [1.807, 2.05) is 12.1 Å². The van der Waals surface area contributed by atoms with Gasteiger partial charge in [0, 0.05) is 26.1 Å². The fourth-order valence-corrected chi connectivity index (χ4v) is 3.75. The van der Waals surface area contributed by atoms with Crippen LogP contribution in [0.1, 0.15) is 55.2 Å². The molecule has 3 rings (SSSR count). The standard InChI is InChI=1S/C25H33N3O/c26-14-3-6-17-29-25-9-7-8-24(18-25)20-27-19-22-10-12-23(13-11-22)21-28-15-4-1-2-5-16-28/h7-13,18,27H,1-6,15-17,19-21H2. The summed E-state index contributed by atoms with van der Waals surface area (Å²) in [6.07, 6.45) is 6.77. The SMILES string of the molecule is N#CCCCOc1cccc(CNCc2ccc(CN3CCCCCC3)cc2)c1. The predicted octanol–water partition coefficient (Wildman–Crippen LogP) is 5.03. The van der Waals surface area contributed by atoms with E-state index in [1.54, 1.807) is 0 Å². The van der Waals surface area contributed by atoms with Crippen molar-refractivity contribution < 1.29 is 4.74 Å². The summed E-state index contributed by atoms with van der Waals surface area (Å²) < 4.78 is 5.71. The zero-order valence-electron chi connectivity index (χ0n) is 17.4. The molecule has 4 heteroatoms. The Balaban J connectivity index is 1.40. The molecule has 1 N–H and O–H groups in total. The fraction of sp³-hybridized carbons (Fsp3) is 0.480. The van der Waals surface area contributed by atoms with Gasteiger partial charge >= 0.3 is 0 Å². The van der Waals surface area contributed by atoms with Crippen molar-refractivity contribution in [3.8, 4) is 11.8 Å². The molecule has 2 aromatic rings. The van der Waals surface area contributed by atoms with Crippen molar-refractivity contribution in [3.05, 3.63) is 65.2 Å². The number of nitrogens with one attached hydrogen (secondary N) is 1. The van der Waals surface area contributed by atoms with Gasteiger partial charge in [0.05, 0.1) is 12.7 Å². The lowest BCUT2D eigenvalue weighted by Crippen LogP contribution is -2.23. The molecule has 2 aromatic carbocycles. The maximum atomic E-state index is 8.58. The Hall–Kier alpha value is -2.35. The maximum Gasteiger partial charge on any atom is 0.119 e. The Bertz CT molecular complexity index is 758. The topological polar surface area (TPSA) is 48.3 Å². The van der Waals surface area contributed by atoms with Crippen LogP contribution in [0.5, 0.6) is 5.75 Å². The maximum absolute atomic E-state index is 8.58. The van der Waals surface area contributed by atoms with Gasteiger partial charge in [0.2, 0.25) is 0 Å². The van der Waals surface area contributed by atoms with E-state index < -0.39 is 0 Å². The minimum Gasteiger partial charge on any atom is -0.494 e. The molecular weight excluding hydrogens is 358 g/mol. The van der Waals surface area contributed by atoms with Crippen LogP contribution in [0.25, 0.3) is 0 Å². The van der Waals surface area contributed by atoms with Gasteiger partial charge in [0.1, 0.15) is 5.75 Å². The number of benzene rings is 2. The normalized spacial score (nSPS) is 14.9. The van der Waals surface area contributed by atoms with Crippen molar-refractivity contribution in [2.75, 3.05) is 19.7 Å². The van der Waals surface area contributed by atoms with E-state index in [0.717, 1.165) is 31.8 Å². The van der Waals surface area contributed by atoms with Gasteiger partial charge in [-0.25, -0.2) is 0 Å². The highest BCUT2D eigenvalue weighted by Crippen LogP contribution is 2.15. The molecule has 4 nitrogen and oxygen atoms in total. The third-order valence-electron chi connectivity index (χ3n) is 5.39. The fourth-order valence-electron chi connectivity index (χ4n) is 3.75. The van der Waals surface area contributed by atoms with Gasteiger partial charge in [0.25, 0.3) is 0 Å². The molecule has 0 atom stereocenters. The lowest BCUT2D eigenvalue weighted by atomic mass is 10.1. The molecule has 0 bridgehead atoms. The third kappa shape index (κ3) is 7.89. The lowest BCUT2D eigenvalue weighted by molar-refractivity contribution is 0.277. The Morgan fingerprint density at radius 3 is 2.38 bits per heavy atom. The van der Waals surface area contributed by atoms with Crippen molar-refractivity contribution in [3.63, 3.8) is 0 Å². The van der Waals surface area contributed by atoms with Crippen LogP contribution in [0.15, 0.2) is 48.5 Å². The largest absolute Gasteiger partial charge is 0.494 e. The van der Waals surface area contributed by atoms with E-state index in [0.29, 0.717) is 13.0 Å². The number of nitriles is 1. The summed E-state index contributed by atoms with van der Waals surface area (Å²) in [5.41, 5.74) is 3.94. The predicted molar refractivity (Wildman–Crippen MR) is 118 cm³/mol. The first-order chi connectivity index (χ1) is 14.3. The smallest absolute Gasteiger partial charge is 0.119 e. The van der Waals surface area contributed by atoms with Crippen molar-refractivity contribution in [2.24, 2.45) is 0 Å². The first-order valence-corrected chi connectivity index (χ1v) is 10.9. The van der Waals surface area contributed by atoms with Gasteiger partial charge in [-0.05, 0) is 61.2 Å². The second-order valence-electron chi connectivity index (χ2n) is 7.87. The molecule has 1 aliphatic rings. The Morgan fingerprint density at radius 2 is 1.62 bits per heavy atom. The van der Waals surface area contributed by atoms with E-state index in [4.69, 9.17) is 10.00 Å². The molecule has 1 saturated heterocycles. The minimum atomic E-state index is 0.540.